The van der Waals surface area contributed by atoms with Gasteiger partial charge >= 0.3 is 0 Å². The quantitative estimate of drug-likeness (QED) is 0.406. The van der Waals surface area contributed by atoms with Gasteiger partial charge < -0.3 is 25.7 Å². The molecular weight excluding hydrogens is 458 g/mol. The Balaban J connectivity index is 2.36. The van der Waals surface area contributed by atoms with Gasteiger partial charge in [-0.25, -0.2) is 0 Å². The van der Waals surface area contributed by atoms with Gasteiger partial charge in [-0.3, -0.25) is 9.59 Å². The molecular formula is C16H23Br2N3O4. The van der Waals surface area contributed by atoms with E-state index in [4.69, 9.17) is 10.2 Å². The predicted octanol–water partition coefficient (Wildman–Crippen LogP) is 0.921. The van der Waals surface area contributed by atoms with E-state index in [1.807, 2.05) is 4.90 Å². The van der Waals surface area contributed by atoms with E-state index in [1.165, 1.54) is 0 Å². The zero-order valence-electron chi connectivity index (χ0n) is 13.8. The third-order valence-corrected chi connectivity index (χ3v) is 6.06. The summed E-state index contributed by atoms with van der Waals surface area (Å²) >= 11 is 6.85. The van der Waals surface area contributed by atoms with E-state index in [2.05, 4.69) is 42.5 Å². The SMILES string of the molecule is O=C(NCCO)C1(C(=O)NCCO)C(Br)=CN(C2CCCC2)C=C1Br. The smallest absolute Gasteiger partial charge is 0.246 e. The molecule has 1 aliphatic carbocycles. The Hall–Kier alpha value is -0.900. The van der Waals surface area contributed by atoms with Crippen LogP contribution in [-0.2, 0) is 9.59 Å². The zero-order chi connectivity index (χ0) is 18.4. The Morgan fingerprint density at radius 2 is 1.48 bits per heavy atom. The molecule has 1 heterocycles. The number of amides is 2. The average molecular weight is 481 g/mol. The molecule has 25 heavy (non-hydrogen) atoms. The van der Waals surface area contributed by atoms with Gasteiger partial charge in [0, 0.05) is 40.5 Å². The maximum Gasteiger partial charge on any atom is 0.246 e. The minimum absolute atomic E-state index is 0.0424. The maximum atomic E-state index is 12.8. The van der Waals surface area contributed by atoms with E-state index < -0.39 is 17.2 Å². The highest BCUT2D eigenvalue weighted by atomic mass is 79.9. The molecule has 1 aliphatic heterocycles. The van der Waals surface area contributed by atoms with Crippen LogP contribution in [-0.4, -0.2) is 59.3 Å². The molecule has 2 aliphatic rings. The second-order valence-corrected chi connectivity index (χ2v) is 7.76. The summed E-state index contributed by atoms with van der Waals surface area (Å²) < 4.78 is 0.819. The lowest BCUT2D eigenvalue weighted by Crippen LogP contribution is -2.54. The van der Waals surface area contributed by atoms with Crippen molar-refractivity contribution in [1.82, 2.24) is 15.5 Å². The molecule has 2 amide bonds. The van der Waals surface area contributed by atoms with Crippen molar-refractivity contribution in [2.45, 2.75) is 31.7 Å². The topological polar surface area (TPSA) is 102 Å². The van der Waals surface area contributed by atoms with Crippen LogP contribution in [0.2, 0.25) is 0 Å². The van der Waals surface area contributed by atoms with Gasteiger partial charge in [-0.2, -0.15) is 0 Å². The van der Waals surface area contributed by atoms with Crippen LogP contribution in [0.25, 0.3) is 0 Å². The molecule has 0 atom stereocenters. The molecule has 0 spiro atoms. The largest absolute Gasteiger partial charge is 0.395 e. The third-order valence-electron chi connectivity index (χ3n) is 4.46. The van der Waals surface area contributed by atoms with Crippen LogP contribution in [0.5, 0.6) is 0 Å². The predicted molar refractivity (Wildman–Crippen MR) is 101 cm³/mol. The number of hydrogen-bond donors (Lipinski definition) is 4. The van der Waals surface area contributed by atoms with Crippen molar-refractivity contribution in [3.8, 4) is 0 Å². The second kappa shape index (κ2) is 9.16. The Morgan fingerprint density at radius 1 is 1.04 bits per heavy atom. The van der Waals surface area contributed by atoms with Crippen molar-refractivity contribution >= 4 is 43.7 Å². The first kappa shape index (κ1) is 20.4. The number of carbonyl (C=O) groups is 2. The van der Waals surface area contributed by atoms with Gasteiger partial charge in [-0.1, -0.05) is 44.7 Å². The number of nitrogens with zero attached hydrogens (tertiary/aromatic N) is 1. The van der Waals surface area contributed by atoms with Crippen LogP contribution in [0.1, 0.15) is 25.7 Å². The van der Waals surface area contributed by atoms with Crippen molar-refractivity contribution in [1.29, 1.82) is 0 Å². The minimum Gasteiger partial charge on any atom is -0.395 e. The first-order valence-corrected chi connectivity index (χ1v) is 9.88. The summed E-state index contributed by atoms with van der Waals surface area (Å²) in [5.41, 5.74) is -1.61. The highest BCUT2D eigenvalue weighted by Gasteiger charge is 2.53. The number of aliphatic hydroxyl groups is 2. The zero-order valence-corrected chi connectivity index (χ0v) is 17.0. The van der Waals surface area contributed by atoms with E-state index in [1.54, 1.807) is 12.4 Å². The number of halogens is 2. The van der Waals surface area contributed by atoms with Gasteiger partial charge in [0.1, 0.15) is 0 Å². The van der Waals surface area contributed by atoms with Gasteiger partial charge in [-0.15, -0.1) is 0 Å². The summed E-state index contributed by atoms with van der Waals surface area (Å²) in [6.07, 6.45) is 8.01. The molecule has 0 aromatic carbocycles. The van der Waals surface area contributed by atoms with Crippen molar-refractivity contribution < 1.29 is 19.8 Å². The Labute approximate surface area is 163 Å². The maximum absolute atomic E-state index is 12.8. The number of nitrogens with one attached hydrogen (secondary N) is 2. The molecule has 0 saturated heterocycles. The molecule has 0 bridgehead atoms. The molecule has 9 heteroatoms. The number of rotatable bonds is 7. The highest BCUT2D eigenvalue weighted by Crippen LogP contribution is 2.47. The first-order valence-electron chi connectivity index (χ1n) is 8.29. The monoisotopic (exact) mass is 479 g/mol. The summed E-state index contributed by atoms with van der Waals surface area (Å²) in [6, 6.07) is 0.346. The molecule has 0 unspecified atom stereocenters. The van der Waals surface area contributed by atoms with Crippen LogP contribution < -0.4 is 10.6 Å². The van der Waals surface area contributed by atoms with Gasteiger partial charge in [0.05, 0.1) is 13.2 Å². The standard InChI is InChI=1S/C16H23Br2N3O4/c17-12-9-21(11-3-1-2-4-11)10-13(18)16(12,14(24)19-5-7-22)15(25)20-6-8-23/h9-11,22-23H,1-8H2,(H,19,24)(H,20,25). The van der Waals surface area contributed by atoms with Crippen LogP contribution >= 0.6 is 31.9 Å². The normalized spacial score (nSPS) is 20.1. The van der Waals surface area contributed by atoms with E-state index in [0.717, 1.165) is 25.7 Å². The fourth-order valence-corrected chi connectivity index (χ4v) is 5.05. The first-order chi connectivity index (χ1) is 12.0. The van der Waals surface area contributed by atoms with Crippen molar-refractivity contribution in [2.75, 3.05) is 26.3 Å². The molecule has 0 aromatic rings. The lowest BCUT2D eigenvalue weighted by atomic mass is 9.83. The molecule has 1 fully saturated rings. The van der Waals surface area contributed by atoms with Crippen molar-refractivity contribution in [2.24, 2.45) is 5.41 Å². The van der Waals surface area contributed by atoms with Gasteiger partial charge in [0.15, 0.2) is 5.41 Å². The summed E-state index contributed by atoms with van der Waals surface area (Å²) in [7, 11) is 0. The Bertz CT molecular complexity index is 532. The van der Waals surface area contributed by atoms with E-state index in [-0.39, 0.29) is 26.3 Å². The molecule has 7 nitrogen and oxygen atoms in total. The summed E-state index contributed by atoms with van der Waals surface area (Å²) in [6.45, 7) is -0.366. The van der Waals surface area contributed by atoms with E-state index >= 15 is 0 Å². The van der Waals surface area contributed by atoms with Gasteiger partial charge in [0.25, 0.3) is 0 Å². The lowest BCUT2D eigenvalue weighted by molar-refractivity contribution is -0.138. The van der Waals surface area contributed by atoms with Crippen molar-refractivity contribution in [3.05, 3.63) is 21.4 Å². The number of hydrogen-bond acceptors (Lipinski definition) is 5. The van der Waals surface area contributed by atoms with Crippen molar-refractivity contribution in [3.63, 3.8) is 0 Å². The third kappa shape index (κ3) is 4.10. The minimum atomic E-state index is -1.61. The summed E-state index contributed by atoms with van der Waals surface area (Å²) in [5.74, 6) is -1.09. The lowest BCUT2D eigenvalue weighted by Gasteiger charge is -2.38. The van der Waals surface area contributed by atoms with Crippen LogP contribution in [0.4, 0.5) is 0 Å². The Kier molecular flexibility index (Phi) is 7.48. The summed E-state index contributed by atoms with van der Waals surface area (Å²) in [5, 5.41) is 23.1. The summed E-state index contributed by atoms with van der Waals surface area (Å²) in [4.78, 5) is 27.7. The second-order valence-electron chi connectivity index (χ2n) is 6.05. The Morgan fingerprint density at radius 3 is 1.88 bits per heavy atom. The number of aliphatic hydroxyl groups excluding tert-OH is 2. The van der Waals surface area contributed by atoms with Crippen LogP contribution in [0.15, 0.2) is 21.4 Å². The molecule has 1 saturated carbocycles. The molecule has 0 radical (unpaired) electrons. The van der Waals surface area contributed by atoms with Crippen LogP contribution in [0, 0.1) is 5.41 Å². The number of carbonyl (C=O) groups excluding carboxylic acids is 2. The average Bonchev–Trinajstić information content (AvgIpc) is 3.12. The van der Waals surface area contributed by atoms with Gasteiger partial charge in [0.2, 0.25) is 11.8 Å². The molecule has 140 valence electrons. The molecule has 0 aromatic heterocycles. The van der Waals surface area contributed by atoms with E-state index in [9.17, 15) is 9.59 Å². The molecule has 2 rings (SSSR count). The fraction of sp³-hybridized carbons (Fsp3) is 0.625. The molecule has 4 N–H and O–H groups in total. The van der Waals surface area contributed by atoms with Gasteiger partial charge in [-0.05, 0) is 12.8 Å². The fourth-order valence-electron chi connectivity index (χ4n) is 3.16. The highest BCUT2D eigenvalue weighted by molar-refractivity contribution is 9.12. The van der Waals surface area contributed by atoms with E-state index in [0.29, 0.717) is 15.0 Å². The van der Waals surface area contributed by atoms with Crippen LogP contribution in [0.3, 0.4) is 0 Å².